The van der Waals surface area contributed by atoms with Crippen LogP contribution in [0.3, 0.4) is 0 Å². The number of aldehydes is 1. The van der Waals surface area contributed by atoms with E-state index >= 15 is 0 Å². The van der Waals surface area contributed by atoms with Crippen molar-refractivity contribution in [2.75, 3.05) is 6.61 Å². The molecular formula is C12H17NO2. The van der Waals surface area contributed by atoms with Crippen molar-refractivity contribution in [1.82, 2.24) is 0 Å². The van der Waals surface area contributed by atoms with Crippen LogP contribution in [0.25, 0.3) is 0 Å². The lowest BCUT2D eigenvalue weighted by atomic mass is 10.0. The molecule has 0 radical (unpaired) electrons. The van der Waals surface area contributed by atoms with Gasteiger partial charge in [-0.05, 0) is 24.1 Å². The van der Waals surface area contributed by atoms with Gasteiger partial charge in [-0.1, -0.05) is 25.5 Å². The van der Waals surface area contributed by atoms with Crippen LogP contribution in [-0.2, 0) is 4.79 Å². The van der Waals surface area contributed by atoms with Crippen LogP contribution in [0.4, 0.5) is 0 Å². The Morgan fingerprint density at radius 2 is 2.07 bits per heavy atom. The van der Waals surface area contributed by atoms with Crippen LogP contribution in [0.5, 0.6) is 5.75 Å². The van der Waals surface area contributed by atoms with E-state index in [1.807, 2.05) is 24.3 Å². The second-order valence-electron chi connectivity index (χ2n) is 3.44. The lowest BCUT2D eigenvalue weighted by molar-refractivity contribution is -0.109. The van der Waals surface area contributed by atoms with E-state index in [0.29, 0.717) is 5.75 Å². The molecule has 1 unspecified atom stereocenters. The van der Waals surface area contributed by atoms with E-state index in [0.717, 1.165) is 24.7 Å². The molecule has 2 N–H and O–H groups in total. The zero-order valence-electron chi connectivity index (χ0n) is 8.98. The van der Waals surface area contributed by atoms with Gasteiger partial charge >= 0.3 is 0 Å². The fourth-order valence-electron chi connectivity index (χ4n) is 1.42. The molecule has 1 rings (SSSR count). The first-order valence-corrected chi connectivity index (χ1v) is 5.20. The van der Waals surface area contributed by atoms with Crippen LogP contribution in [0.2, 0.25) is 0 Å². The maximum atomic E-state index is 10.1. The van der Waals surface area contributed by atoms with Crippen LogP contribution >= 0.6 is 0 Å². The van der Waals surface area contributed by atoms with Crippen LogP contribution < -0.4 is 10.5 Å². The van der Waals surface area contributed by atoms with Crippen molar-refractivity contribution in [3.05, 3.63) is 29.8 Å². The quantitative estimate of drug-likeness (QED) is 0.726. The molecule has 15 heavy (non-hydrogen) atoms. The minimum absolute atomic E-state index is 0.0927. The molecule has 0 heterocycles. The number of hydrogen-bond donors (Lipinski definition) is 1. The minimum atomic E-state index is 0.0927. The Kier molecular flexibility index (Phi) is 4.84. The van der Waals surface area contributed by atoms with Gasteiger partial charge in [0.25, 0.3) is 0 Å². The molecule has 0 bridgehead atoms. The monoisotopic (exact) mass is 207 g/mol. The molecule has 0 aliphatic carbocycles. The predicted molar refractivity (Wildman–Crippen MR) is 59.8 cm³/mol. The van der Waals surface area contributed by atoms with Gasteiger partial charge in [0.1, 0.15) is 12.4 Å². The van der Waals surface area contributed by atoms with E-state index in [1.54, 1.807) is 0 Å². The largest absolute Gasteiger partial charge is 0.486 e. The predicted octanol–water partition coefficient (Wildman–Crippen LogP) is 2.06. The lowest BCUT2D eigenvalue weighted by Gasteiger charge is -2.11. The molecule has 0 amide bonds. The van der Waals surface area contributed by atoms with Crippen molar-refractivity contribution in [2.45, 2.75) is 25.8 Å². The molecular weight excluding hydrogens is 190 g/mol. The summed E-state index contributed by atoms with van der Waals surface area (Å²) in [7, 11) is 0. The SMILES string of the molecule is CCCC(N)c1ccc(OCC=O)cc1. The highest BCUT2D eigenvalue weighted by molar-refractivity contribution is 5.51. The molecule has 3 heteroatoms. The average molecular weight is 207 g/mol. The summed E-state index contributed by atoms with van der Waals surface area (Å²) in [5, 5.41) is 0. The molecule has 1 atom stereocenters. The topological polar surface area (TPSA) is 52.3 Å². The first-order valence-electron chi connectivity index (χ1n) is 5.20. The molecule has 0 saturated carbocycles. The van der Waals surface area contributed by atoms with E-state index in [2.05, 4.69) is 6.92 Å². The van der Waals surface area contributed by atoms with Crippen molar-refractivity contribution in [3.8, 4) is 5.75 Å². The summed E-state index contributed by atoms with van der Waals surface area (Å²) in [4.78, 5) is 10.1. The molecule has 1 aromatic carbocycles. The highest BCUT2D eigenvalue weighted by atomic mass is 16.5. The number of carbonyl (C=O) groups excluding carboxylic acids is 1. The summed E-state index contributed by atoms with van der Waals surface area (Å²) in [6, 6.07) is 7.67. The van der Waals surface area contributed by atoms with E-state index in [1.165, 1.54) is 0 Å². The maximum Gasteiger partial charge on any atom is 0.157 e. The van der Waals surface area contributed by atoms with Crippen LogP contribution in [-0.4, -0.2) is 12.9 Å². The standard InChI is InChI=1S/C12H17NO2/c1-2-3-12(13)10-4-6-11(7-5-10)15-9-8-14/h4-8,12H,2-3,9,13H2,1H3. The van der Waals surface area contributed by atoms with Crippen molar-refractivity contribution >= 4 is 6.29 Å². The first-order chi connectivity index (χ1) is 7.27. The summed E-state index contributed by atoms with van der Waals surface area (Å²) in [6.07, 6.45) is 2.79. The van der Waals surface area contributed by atoms with E-state index in [4.69, 9.17) is 10.5 Å². The highest BCUT2D eigenvalue weighted by Crippen LogP contribution is 2.19. The number of rotatable bonds is 6. The third-order valence-corrected chi connectivity index (χ3v) is 2.23. The summed E-state index contributed by atoms with van der Waals surface area (Å²) in [5.41, 5.74) is 7.07. The van der Waals surface area contributed by atoms with Crippen LogP contribution in [0, 0.1) is 0 Å². The van der Waals surface area contributed by atoms with E-state index in [-0.39, 0.29) is 12.6 Å². The number of hydrogen-bond acceptors (Lipinski definition) is 3. The lowest BCUT2D eigenvalue weighted by Crippen LogP contribution is -2.09. The smallest absolute Gasteiger partial charge is 0.157 e. The third-order valence-electron chi connectivity index (χ3n) is 2.23. The zero-order valence-corrected chi connectivity index (χ0v) is 8.98. The van der Waals surface area contributed by atoms with Gasteiger partial charge in [-0.2, -0.15) is 0 Å². The minimum Gasteiger partial charge on any atom is -0.486 e. The fraction of sp³-hybridized carbons (Fsp3) is 0.417. The fourth-order valence-corrected chi connectivity index (χ4v) is 1.42. The van der Waals surface area contributed by atoms with Gasteiger partial charge in [0, 0.05) is 6.04 Å². The number of carbonyl (C=O) groups is 1. The Hall–Kier alpha value is -1.35. The Morgan fingerprint density at radius 3 is 2.60 bits per heavy atom. The normalized spacial score (nSPS) is 12.1. The summed E-state index contributed by atoms with van der Waals surface area (Å²) < 4.78 is 5.14. The van der Waals surface area contributed by atoms with Gasteiger partial charge in [0.2, 0.25) is 0 Å². The molecule has 82 valence electrons. The highest BCUT2D eigenvalue weighted by Gasteiger charge is 2.04. The van der Waals surface area contributed by atoms with E-state index in [9.17, 15) is 4.79 Å². The third kappa shape index (κ3) is 3.72. The summed E-state index contributed by atoms with van der Waals surface area (Å²) in [6.45, 7) is 2.21. The second kappa shape index (κ2) is 6.19. The van der Waals surface area contributed by atoms with Crippen LogP contribution in [0.1, 0.15) is 31.4 Å². The van der Waals surface area contributed by atoms with Gasteiger partial charge in [-0.3, -0.25) is 4.79 Å². The number of ether oxygens (including phenoxy) is 1. The molecule has 0 spiro atoms. The van der Waals surface area contributed by atoms with Gasteiger partial charge in [0.05, 0.1) is 0 Å². The zero-order chi connectivity index (χ0) is 11.1. The van der Waals surface area contributed by atoms with Crippen LogP contribution in [0.15, 0.2) is 24.3 Å². The van der Waals surface area contributed by atoms with Crippen molar-refractivity contribution < 1.29 is 9.53 Å². The molecule has 0 aromatic heterocycles. The molecule has 0 aliphatic rings. The Labute approximate surface area is 90.2 Å². The average Bonchev–Trinajstić information content (AvgIpc) is 2.27. The Bertz CT molecular complexity index is 295. The number of benzene rings is 1. The molecule has 0 aliphatic heterocycles. The van der Waals surface area contributed by atoms with Gasteiger partial charge < -0.3 is 10.5 Å². The van der Waals surface area contributed by atoms with Crippen molar-refractivity contribution in [3.63, 3.8) is 0 Å². The summed E-state index contributed by atoms with van der Waals surface area (Å²) >= 11 is 0. The molecule has 0 fully saturated rings. The Balaban J connectivity index is 2.58. The number of nitrogens with two attached hydrogens (primary N) is 1. The van der Waals surface area contributed by atoms with Crippen molar-refractivity contribution in [2.24, 2.45) is 5.73 Å². The van der Waals surface area contributed by atoms with Gasteiger partial charge in [-0.25, -0.2) is 0 Å². The second-order valence-corrected chi connectivity index (χ2v) is 3.44. The first kappa shape index (κ1) is 11.7. The molecule has 3 nitrogen and oxygen atoms in total. The maximum absolute atomic E-state index is 10.1. The van der Waals surface area contributed by atoms with E-state index < -0.39 is 0 Å². The van der Waals surface area contributed by atoms with Crippen molar-refractivity contribution in [1.29, 1.82) is 0 Å². The molecule has 1 aromatic rings. The van der Waals surface area contributed by atoms with Gasteiger partial charge in [-0.15, -0.1) is 0 Å². The molecule has 0 saturated heterocycles. The van der Waals surface area contributed by atoms with Gasteiger partial charge in [0.15, 0.2) is 6.29 Å². The Morgan fingerprint density at radius 1 is 1.40 bits per heavy atom. The summed E-state index contributed by atoms with van der Waals surface area (Å²) in [5.74, 6) is 0.703.